The number of piperidine rings is 1. The second-order valence-electron chi connectivity index (χ2n) is 6.73. The highest BCUT2D eigenvalue weighted by molar-refractivity contribution is 6.34. The maximum Gasteiger partial charge on any atom is 0.255 e. The SMILES string of the molecule is O=C(CCc1cccc(Cl)c1)Nc1ccc(C(=O)N2CCCCC2)c(Cl)c1. The number of rotatable bonds is 5. The van der Waals surface area contributed by atoms with Crippen molar-refractivity contribution in [2.45, 2.75) is 32.1 Å². The molecule has 6 heteroatoms. The largest absolute Gasteiger partial charge is 0.339 e. The Labute approximate surface area is 169 Å². The van der Waals surface area contributed by atoms with E-state index in [2.05, 4.69) is 5.32 Å². The van der Waals surface area contributed by atoms with Crippen LogP contribution in [0.5, 0.6) is 0 Å². The molecule has 3 rings (SSSR count). The van der Waals surface area contributed by atoms with Gasteiger partial charge in [0.2, 0.25) is 5.91 Å². The van der Waals surface area contributed by atoms with Crippen molar-refractivity contribution in [3.63, 3.8) is 0 Å². The summed E-state index contributed by atoms with van der Waals surface area (Å²) in [6.45, 7) is 1.55. The van der Waals surface area contributed by atoms with E-state index in [0.29, 0.717) is 34.1 Å². The Morgan fingerprint density at radius 1 is 1.00 bits per heavy atom. The molecule has 1 fully saturated rings. The molecule has 0 aliphatic carbocycles. The summed E-state index contributed by atoms with van der Waals surface area (Å²) in [7, 11) is 0. The third-order valence-corrected chi connectivity index (χ3v) is 5.20. The fourth-order valence-electron chi connectivity index (χ4n) is 3.21. The third kappa shape index (κ3) is 5.47. The normalized spacial score (nSPS) is 14.1. The van der Waals surface area contributed by atoms with Crippen LogP contribution in [0.4, 0.5) is 5.69 Å². The average Bonchev–Trinajstić information content (AvgIpc) is 2.67. The van der Waals surface area contributed by atoms with E-state index in [9.17, 15) is 9.59 Å². The zero-order chi connectivity index (χ0) is 19.2. The minimum absolute atomic E-state index is 0.0430. The number of likely N-dealkylation sites (tertiary alicyclic amines) is 1. The van der Waals surface area contributed by atoms with Crippen LogP contribution in [0, 0.1) is 0 Å². The molecule has 0 radical (unpaired) electrons. The fraction of sp³-hybridized carbons (Fsp3) is 0.333. The lowest BCUT2D eigenvalue weighted by atomic mass is 10.1. The van der Waals surface area contributed by atoms with E-state index < -0.39 is 0 Å². The molecular formula is C21H22Cl2N2O2. The van der Waals surface area contributed by atoms with Crippen LogP contribution >= 0.6 is 23.2 Å². The molecule has 2 aromatic carbocycles. The van der Waals surface area contributed by atoms with E-state index in [1.807, 2.05) is 23.1 Å². The lowest BCUT2D eigenvalue weighted by molar-refractivity contribution is -0.116. The van der Waals surface area contributed by atoms with Gasteiger partial charge < -0.3 is 10.2 Å². The maximum absolute atomic E-state index is 12.6. The molecule has 0 atom stereocenters. The summed E-state index contributed by atoms with van der Waals surface area (Å²) in [5.41, 5.74) is 2.08. The van der Waals surface area contributed by atoms with Crippen molar-refractivity contribution in [3.8, 4) is 0 Å². The minimum Gasteiger partial charge on any atom is -0.339 e. The lowest BCUT2D eigenvalue weighted by Gasteiger charge is -2.27. The highest BCUT2D eigenvalue weighted by atomic mass is 35.5. The van der Waals surface area contributed by atoms with Crippen molar-refractivity contribution in [2.24, 2.45) is 0 Å². The Bertz CT molecular complexity index is 833. The monoisotopic (exact) mass is 404 g/mol. The molecule has 1 heterocycles. The molecule has 1 aliphatic rings. The van der Waals surface area contributed by atoms with Gasteiger partial charge in [-0.3, -0.25) is 9.59 Å². The number of hydrogen-bond donors (Lipinski definition) is 1. The molecule has 142 valence electrons. The third-order valence-electron chi connectivity index (χ3n) is 4.66. The van der Waals surface area contributed by atoms with E-state index in [1.54, 1.807) is 24.3 Å². The molecular weight excluding hydrogens is 383 g/mol. The topological polar surface area (TPSA) is 49.4 Å². The molecule has 0 bridgehead atoms. The Kier molecular flexibility index (Phi) is 6.75. The molecule has 1 aliphatic heterocycles. The number of nitrogens with one attached hydrogen (secondary N) is 1. The van der Waals surface area contributed by atoms with Gasteiger partial charge in [-0.25, -0.2) is 0 Å². The molecule has 4 nitrogen and oxygen atoms in total. The summed E-state index contributed by atoms with van der Waals surface area (Å²) in [5, 5.41) is 3.85. The summed E-state index contributed by atoms with van der Waals surface area (Å²) in [4.78, 5) is 26.6. The van der Waals surface area contributed by atoms with Crippen LogP contribution in [-0.4, -0.2) is 29.8 Å². The molecule has 0 saturated carbocycles. The fourth-order valence-corrected chi connectivity index (χ4v) is 3.68. The van der Waals surface area contributed by atoms with Gasteiger partial charge in [-0.05, 0) is 61.6 Å². The smallest absolute Gasteiger partial charge is 0.255 e. The molecule has 0 spiro atoms. The number of aryl methyl sites for hydroxylation is 1. The summed E-state index contributed by atoms with van der Waals surface area (Å²) in [6, 6.07) is 12.5. The van der Waals surface area contributed by atoms with Crippen molar-refractivity contribution in [1.82, 2.24) is 4.90 Å². The second-order valence-corrected chi connectivity index (χ2v) is 7.57. The van der Waals surface area contributed by atoms with Crippen LogP contribution in [0.15, 0.2) is 42.5 Å². The summed E-state index contributed by atoms with van der Waals surface area (Å²) in [6.07, 6.45) is 4.17. The summed E-state index contributed by atoms with van der Waals surface area (Å²) >= 11 is 12.3. The van der Waals surface area contributed by atoms with Crippen molar-refractivity contribution >= 4 is 40.7 Å². The first-order chi connectivity index (χ1) is 13.0. The van der Waals surface area contributed by atoms with Crippen molar-refractivity contribution in [2.75, 3.05) is 18.4 Å². The molecule has 2 aromatic rings. The van der Waals surface area contributed by atoms with E-state index in [-0.39, 0.29) is 11.8 Å². The minimum atomic E-state index is -0.110. The van der Waals surface area contributed by atoms with Crippen LogP contribution in [0.25, 0.3) is 0 Å². The number of benzene rings is 2. The zero-order valence-electron chi connectivity index (χ0n) is 15.0. The van der Waals surface area contributed by atoms with Gasteiger partial charge in [-0.1, -0.05) is 35.3 Å². The molecule has 1 saturated heterocycles. The van der Waals surface area contributed by atoms with Crippen molar-refractivity contribution in [1.29, 1.82) is 0 Å². The van der Waals surface area contributed by atoms with Gasteiger partial charge in [0.05, 0.1) is 10.6 Å². The van der Waals surface area contributed by atoms with Crippen LogP contribution in [0.1, 0.15) is 41.6 Å². The van der Waals surface area contributed by atoms with E-state index in [4.69, 9.17) is 23.2 Å². The van der Waals surface area contributed by atoms with Crippen LogP contribution in [0.3, 0.4) is 0 Å². The molecule has 27 heavy (non-hydrogen) atoms. The van der Waals surface area contributed by atoms with E-state index in [0.717, 1.165) is 37.9 Å². The Balaban J connectivity index is 1.58. The van der Waals surface area contributed by atoms with Gasteiger partial charge in [0.25, 0.3) is 5.91 Å². The number of anilines is 1. The lowest BCUT2D eigenvalue weighted by Crippen LogP contribution is -2.35. The Hall–Kier alpha value is -2.04. The van der Waals surface area contributed by atoms with Gasteiger partial charge in [-0.15, -0.1) is 0 Å². The Morgan fingerprint density at radius 2 is 1.78 bits per heavy atom. The first kappa shape index (κ1) is 19.7. The highest BCUT2D eigenvalue weighted by Gasteiger charge is 2.20. The molecule has 1 N–H and O–H groups in total. The standard InChI is InChI=1S/C21H22Cl2N2O2/c22-16-6-4-5-15(13-16)7-10-20(26)24-17-8-9-18(19(23)14-17)21(27)25-11-2-1-3-12-25/h4-6,8-9,13-14H,1-3,7,10-12H2,(H,24,26). The number of hydrogen-bond acceptors (Lipinski definition) is 2. The zero-order valence-corrected chi connectivity index (χ0v) is 16.5. The quantitative estimate of drug-likeness (QED) is 0.744. The first-order valence-corrected chi connectivity index (χ1v) is 9.91. The Morgan fingerprint density at radius 3 is 2.48 bits per heavy atom. The van der Waals surface area contributed by atoms with Crippen molar-refractivity contribution < 1.29 is 9.59 Å². The number of carbonyl (C=O) groups is 2. The highest BCUT2D eigenvalue weighted by Crippen LogP contribution is 2.24. The predicted molar refractivity (Wildman–Crippen MR) is 110 cm³/mol. The number of nitrogens with zero attached hydrogens (tertiary/aromatic N) is 1. The predicted octanol–water partition coefficient (Wildman–Crippen LogP) is 5.19. The number of halogens is 2. The number of carbonyl (C=O) groups excluding carboxylic acids is 2. The maximum atomic E-state index is 12.6. The van der Waals surface area contributed by atoms with Gasteiger partial charge in [0.1, 0.15) is 0 Å². The number of amides is 2. The average molecular weight is 405 g/mol. The van der Waals surface area contributed by atoms with E-state index in [1.165, 1.54) is 0 Å². The molecule has 0 aromatic heterocycles. The van der Waals surface area contributed by atoms with E-state index >= 15 is 0 Å². The van der Waals surface area contributed by atoms with Crippen LogP contribution < -0.4 is 5.32 Å². The summed E-state index contributed by atoms with van der Waals surface area (Å²) in [5.74, 6) is -0.153. The van der Waals surface area contributed by atoms with Gasteiger partial charge in [0.15, 0.2) is 0 Å². The van der Waals surface area contributed by atoms with Crippen molar-refractivity contribution in [3.05, 3.63) is 63.6 Å². The van der Waals surface area contributed by atoms with Crippen LogP contribution in [-0.2, 0) is 11.2 Å². The summed E-state index contributed by atoms with van der Waals surface area (Å²) < 4.78 is 0. The van der Waals surface area contributed by atoms with Gasteiger partial charge >= 0.3 is 0 Å². The second kappa shape index (κ2) is 9.25. The molecule has 2 amide bonds. The van der Waals surface area contributed by atoms with Crippen LogP contribution in [0.2, 0.25) is 10.0 Å². The first-order valence-electron chi connectivity index (χ1n) is 9.16. The van der Waals surface area contributed by atoms with Gasteiger partial charge in [-0.2, -0.15) is 0 Å². The molecule has 0 unspecified atom stereocenters. The van der Waals surface area contributed by atoms with Gasteiger partial charge in [0, 0.05) is 30.2 Å².